The molecule has 0 saturated carbocycles. The van der Waals surface area contributed by atoms with Crippen LogP contribution in [0.1, 0.15) is 16.7 Å². The first kappa shape index (κ1) is 15.6. The third-order valence-corrected chi connectivity index (χ3v) is 4.35. The van der Waals surface area contributed by atoms with Crippen LogP contribution in [0.15, 0.2) is 91.0 Å². The summed E-state index contributed by atoms with van der Waals surface area (Å²) in [6, 6.07) is 31.3. The second-order valence-electron chi connectivity index (χ2n) is 4.81. The van der Waals surface area contributed by atoms with E-state index in [9.17, 15) is 0 Å². The van der Waals surface area contributed by atoms with Gasteiger partial charge in [0.1, 0.15) is 0 Å². The van der Waals surface area contributed by atoms with Gasteiger partial charge in [0.2, 0.25) is 0 Å². The molecule has 3 rings (SSSR count). The molecule has 3 aromatic carbocycles. The second kappa shape index (κ2) is 6.76. The fourth-order valence-electron chi connectivity index (χ4n) is 2.54. The van der Waals surface area contributed by atoms with Crippen molar-refractivity contribution in [2.75, 3.05) is 0 Å². The van der Waals surface area contributed by atoms with E-state index in [1.807, 2.05) is 18.2 Å². The third-order valence-electron chi connectivity index (χ3n) is 3.57. The summed E-state index contributed by atoms with van der Waals surface area (Å²) in [6.07, 6.45) is 0. The molecule has 0 aromatic heterocycles. The van der Waals surface area contributed by atoms with Crippen molar-refractivity contribution in [3.63, 3.8) is 0 Å². The third kappa shape index (κ3) is 2.95. The van der Waals surface area contributed by atoms with Gasteiger partial charge in [-0.1, -0.05) is 91.0 Å². The van der Waals surface area contributed by atoms with E-state index in [0.717, 1.165) is 0 Å². The Kier molecular flexibility index (Phi) is 5.01. The zero-order chi connectivity index (χ0) is 13.8. The molecule has 0 bridgehead atoms. The molecule has 2 heteroatoms. The molecule has 0 heterocycles. The Labute approximate surface area is 135 Å². The van der Waals surface area contributed by atoms with E-state index >= 15 is 0 Å². The quantitative estimate of drug-likeness (QED) is 0.420. The average molecular weight is 287 g/mol. The minimum absolute atomic E-state index is 0. The van der Waals surface area contributed by atoms with Crippen LogP contribution in [0.25, 0.3) is 0 Å². The Hall–Kier alpha value is -1.82. The summed E-state index contributed by atoms with van der Waals surface area (Å²) in [5.74, 6) is 0. The molecule has 102 valence electrons. The Bertz CT molecular complexity index is 569. The monoisotopic (exact) mass is 287 g/mol. The number of hydrogen-bond donors (Lipinski definition) is 1. The van der Waals surface area contributed by atoms with Gasteiger partial charge in [0.15, 0.2) is 0 Å². The molecule has 0 atom stereocenters. The molecule has 0 aliphatic heterocycles. The van der Waals surface area contributed by atoms with Gasteiger partial charge in [0.05, 0.1) is 4.75 Å². The summed E-state index contributed by atoms with van der Waals surface area (Å²) in [6.45, 7) is 0. The van der Waals surface area contributed by atoms with Crippen LogP contribution in [0, 0.1) is 0 Å². The van der Waals surface area contributed by atoms with Crippen LogP contribution in [-0.4, -0.2) is 10.1 Å². The van der Waals surface area contributed by atoms with Crippen LogP contribution in [0.4, 0.5) is 0 Å². The van der Waals surface area contributed by atoms with Crippen molar-refractivity contribution in [2.45, 2.75) is 4.75 Å². The minimum atomic E-state index is -0.427. The molecule has 3 aromatic rings. The molecule has 0 nitrogen and oxygen atoms in total. The van der Waals surface area contributed by atoms with Crippen LogP contribution in [0.3, 0.4) is 0 Å². The van der Waals surface area contributed by atoms with Crippen molar-refractivity contribution >= 4 is 22.7 Å². The first-order valence-electron chi connectivity index (χ1n) is 6.71. The van der Waals surface area contributed by atoms with Crippen molar-refractivity contribution in [3.8, 4) is 0 Å². The molecule has 0 radical (unpaired) electrons. The maximum absolute atomic E-state index is 5.09. The number of thiol groups is 1. The molecule has 0 aliphatic rings. The van der Waals surface area contributed by atoms with E-state index in [-0.39, 0.29) is 10.1 Å². The van der Waals surface area contributed by atoms with Gasteiger partial charge >= 0.3 is 10.1 Å². The van der Waals surface area contributed by atoms with Gasteiger partial charge < -0.3 is 0 Å². The first-order valence-corrected chi connectivity index (χ1v) is 7.15. The van der Waals surface area contributed by atoms with Crippen LogP contribution in [0.2, 0.25) is 0 Å². The molecule has 21 heavy (non-hydrogen) atoms. The van der Waals surface area contributed by atoms with Crippen molar-refractivity contribution in [3.05, 3.63) is 108 Å². The molecule has 0 spiro atoms. The Balaban J connectivity index is 0.00000161. The van der Waals surface area contributed by atoms with E-state index in [4.69, 9.17) is 12.6 Å². The predicted molar refractivity (Wildman–Crippen MR) is 96.7 cm³/mol. The van der Waals surface area contributed by atoms with Crippen LogP contribution >= 0.6 is 12.6 Å². The van der Waals surface area contributed by atoms with Gasteiger partial charge in [-0.15, -0.1) is 0 Å². The molecular weight excluding hydrogens is 269 g/mol. The van der Waals surface area contributed by atoms with E-state index in [1.165, 1.54) is 16.7 Å². The molecule has 0 N–H and O–H groups in total. The summed E-state index contributed by atoms with van der Waals surface area (Å²) in [5, 5.41) is 0. The molecular formula is C19H18BeS. The van der Waals surface area contributed by atoms with Crippen LogP contribution < -0.4 is 0 Å². The second-order valence-corrected chi connectivity index (χ2v) is 5.48. The molecule has 0 aliphatic carbocycles. The number of hydrogen-bond acceptors (Lipinski definition) is 1. The molecule has 0 amide bonds. The normalized spacial score (nSPS) is 10.7. The van der Waals surface area contributed by atoms with E-state index in [0.29, 0.717) is 0 Å². The van der Waals surface area contributed by atoms with E-state index < -0.39 is 4.75 Å². The van der Waals surface area contributed by atoms with Crippen LogP contribution in [-0.2, 0) is 4.75 Å². The number of rotatable bonds is 3. The van der Waals surface area contributed by atoms with E-state index in [1.54, 1.807) is 0 Å². The SMILES string of the molecule is SC(c1ccccc1)(c1ccccc1)c1ccccc1.[BeH2]. The fourth-order valence-corrected chi connectivity index (χ4v) is 2.99. The zero-order valence-corrected chi connectivity index (χ0v) is 12.0. The summed E-state index contributed by atoms with van der Waals surface area (Å²) in [7, 11) is 0. The van der Waals surface area contributed by atoms with Crippen molar-refractivity contribution in [1.29, 1.82) is 0 Å². The van der Waals surface area contributed by atoms with Gasteiger partial charge in [-0.25, -0.2) is 0 Å². The first-order chi connectivity index (χ1) is 9.82. The zero-order valence-electron chi connectivity index (χ0n) is 11.1. The van der Waals surface area contributed by atoms with Gasteiger partial charge in [-0.2, -0.15) is 12.6 Å². The van der Waals surface area contributed by atoms with Crippen molar-refractivity contribution in [2.24, 2.45) is 0 Å². The van der Waals surface area contributed by atoms with Crippen LogP contribution in [0.5, 0.6) is 0 Å². The Morgan fingerprint density at radius 3 is 0.952 bits per heavy atom. The van der Waals surface area contributed by atoms with E-state index in [2.05, 4.69) is 72.8 Å². The van der Waals surface area contributed by atoms with Gasteiger partial charge in [0.25, 0.3) is 0 Å². The Morgan fingerprint density at radius 1 is 0.476 bits per heavy atom. The summed E-state index contributed by atoms with van der Waals surface area (Å²) in [5.41, 5.74) is 3.54. The maximum atomic E-state index is 5.09. The fraction of sp³-hybridized carbons (Fsp3) is 0.0526. The Morgan fingerprint density at radius 2 is 0.714 bits per heavy atom. The summed E-state index contributed by atoms with van der Waals surface area (Å²) < 4.78 is -0.427. The molecule has 0 saturated heterocycles. The summed E-state index contributed by atoms with van der Waals surface area (Å²) >= 11 is 5.09. The molecule has 0 fully saturated rings. The average Bonchev–Trinajstić information content (AvgIpc) is 2.56. The topological polar surface area (TPSA) is 0 Å². The van der Waals surface area contributed by atoms with Crippen molar-refractivity contribution in [1.82, 2.24) is 0 Å². The standard InChI is InChI=1S/C19H16S.Be.2H/c20-19(16-10-4-1-5-11-16,17-12-6-2-7-13-17)18-14-8-3-9-15-18;;;/h1-15,20H;;;. The van der Waals surface area contributed by atoms with Crippen molar-refractivity contribution < 1.29 is 0 Å². The molecule has 0 unspecified atom stereocenters. The number of benzene rings is 3. The summed E-state index contributed by atoms with van der Waals surface area (Å²) in [4.78, 5) is 0. The predicted octanol–water partition coefficient (Wildman–Crippen LogP) is 3.99. The van der Waals surface area contributed by atoms with Gasteiger partial charge in [0, 0.05) is 0 Å². The van der Waals surface area contributed by atoms with Gasteiger partial charge in [-0.05, 0) is 16.7 Å². The van der Waals surface area contributed by atoms with Gasteiger partial charge in [-0.3, -0.25) is 0 Å².